The molecule has 4 atom stereocenters. The van der Waals surface area contributed by atoms with E-state index in [1.54, 1.807) is 0 Å². The summed E-state index contributed by atoms with van der Waals surface area (Å²) in [6.07, 6.45) is 6.41. The fourth-order valence-corrected chi connectivity index (χ4v) is 4.02. The lowest BCUT2D eigenvalue weighted by atomic mass is 9.84. The van der Waals surface area contributed by atoms with Crippen LogP contribution < -0.4 is 11.1 Å². The van der Waals surface area contributed by atoms with E-state index in [9.17, 15) is 4.79 Å². The van der Waals surface area contributed by atoms with Crippen LogP contribution in [0.1, 0.15) is 52.9 Å². The smallest absolute Gasteiger partial charge is 0.224 e. The summed E-state index contributed by atoms with van der Waals surface area (Å²) in [5.74, 6) is 2.70. The van der Waals surface area contributed by atoms with E-state index < -0.39 is 0 Å². The first kappa shape index (κ1) is 14.8. The molecule has 0 aromatic heterocycles. The van der Waals surface area contributed by atoms with Crippen molar-refractivity contribution >= 4 is 5.91 Å². The highest BCUT2D eigenvalue weighted by atomic mass is 16.1. The zero-order valence-electron chi connectivity index (χ0n) is 12.7. The highest BCUT2D eigenvalue weighted by Crippen LogP contribution is 2.47. The maximum absolute atomic E-state index is 12.2. The van der Waals surface area contributed by atoms with E-state index in [-0.39, 0.29) is 17.2 Å². The number of rotatable bonds is 5. The summed E-state index contributed by atoms with van der Waals surface area (Å²) in [6.45, 7) is 7.83. The van der Waals surface area contributed by atoms with Gasteiger partial charge in [0.25, 0.3) is 0 Å². The first-order valence-corrected chi connectivity index (χ1v) is 7.87. The van der Waals surface area contributed by atoms with Crippen molar-refractivity contribution in [3.8, 4) is 0 Å². The molecule has 0 aromatic carbocycles. The third-order valence-corrected chi connectivity index (χ3v) is 4.94. The van der Waals surface area contributed by atoms with Crippen LogP contribution >= 0.6 is 0 Å². The molecule has 2 rings (SSSR count). The molecule has 0 saturated heterocycles. The van der Waals surface area contributed by atoms with Gasteiger partial charge in [0.15, 0.2) is 0 Å². The molecule has 0 aliphatic heterocycles. The summed E-state index contributed by atoms with van der Waals surface area (Å²) in [7, 11) is 0. The Kier molecular flexibility index (Phi) is 4.54. The molecule has 1 amide bonds. The number of hydrogen-bond acceptors (Lipinski definition) is 2. The molecule has 0 aromatic rings. The number of nitrogens with two attached hydrogens (primary N) is 1. The van der Waals surface area contributed by atoms with Crippen molar-refractivity contribution in [3.63, 3.8) is 0 Å². The number of nitrogens with one attached hydrogen (secondary N) is 1. The number of amides is 1. The number of carbonyl (C=O) groups excluding carboxylic acids is 1. The fraction of sp³-hybridized carbons (Fsp3) is 0.938. The van der Waals surface area contributed by atoms with Crippen LogP contribution in [0.5, 0.6) is 0 Å². The van der Waals surface area contributed by atoms with Crippen LogP contribution in [0.2, 0.25) is 0 Å². The van der Waals surface area contributed by atoms with Crippen molar-refractivity contribution in [1.82, 2.24) is 5.32 Å². The van der Waals surface area contributed by atoms with Crippen molar-refractivity contribution in [2.75, 3.05) is 13.1 Å². The normalized spacial score (nSPS) is 31.5. The Labute approximate surface area is 117 Å². The summed E-state index contributed by atoms with van der Waals surface area (Å²) in [4.78, 5) is 12.2. The SMILES string of the molecule is CC(C)(C)CC(CN)C(=O)NCC1CC2CCC1C2. The summed E-state index contributed by atoms with van der Waals surface area (Å²) in [5, 5.41) is 3.16. The standard InChI is InChI=1S/C16H30N2O/c1-16(2,3)8-14(9-17)15(19)18-10-13-7-11-4-5-12(13)6-11/h11-14H,4-10,17H2,1-3H3,(H,18,19). The van der Waals surface area contributed by atoms with E-state index >= 15 is 0 Å². The zero-order chi connectivity index (χ0) is 14.0. The minimum atomic E-state index is -0.0291. The first-order valence-electron chi connectivity index (χ1n) is 7.87. The van der Waals surface area contributed by atoms with Crippen LogP contribution in [0.3, 0.4) is 0 Å². The Morgan fingerprint density at radius 2 is 2.05 bits per heavy atom. The fourth-order valence-electron chi connectivity index (χ4n) is 4.02. The van der Waals surface area contributed by atoms with Crippen LogP contribution in [0.4, 0.5) is 0 Å². The Morgan fingerprint density at radius 1 is 1.32 bits per heavy atom. The lowest BCUT2D eigenvalue weighted by Crippen LogP contribution is -2.40. The number of hydrogen-bond donors (Lipinski definition) is 2. The first-order chi connectivity index (χ1) is 8.89. The van der Waals surface area contributed by atoms with Crippen LogP contribution in [0.15, 0.2) is 0 Å². The van der Waals surface area contributed by atoms with Gasteiger partial charge in [-0.25, -0.2) is 0 Å². The molecule has 19 heavy (non-hydrogen) atoms. The van der Waals surface area contributed by atoms with Crippen LogP contribution in [0.25, 0.3) is 0 Å². The van der Waals surface area contributed by atoms with Gasteiger partial charge in [0, 0.05) is 13.1 Å². The van der Waals surface area contributed by atoms with Gasteiger partial charge in [-0.05, 0) is 48.9 Å². The lowest BCUT2D eigenvalue weighted by Gasteiger charge is -2.26. The Bertz CT molecular complexity index is 321. The van der Waals surface area contributed by atoms with E-state index in [0.29, 0.717) is 6.54 Å². The molecule has 2 aliphatic carbocycles. The van der Waals surface area contributed by atoms with E-state index in [2.05, 4.69) is 26.1 Å². The predicted molar refractivity (Wildman–Crippen MR) is 78.6 cm³/mol. The van der Waals surface area contributed by atoms with E-state index in [1.807, 2.05) is 0 Å². The monoisotopic (exact) mass is 266 g/mol. The molecule has 2 aliphatic rings. The highest BCUT2D eigenvalue weighted by molar-refractivity contribution is 5.78. The van der Waals surface area contributed by atoms with E-state index in [4.69, 9.17) is 5.73 Å². The molecule has 2 fully saturated rings. The second-order valence-corrected chi connectivity index (χ2v) is 7.88. The molecule has 2 bridgehead atoms. The van der Waals surface area contributed by atoms with Gasteiger partial charge in [-0.15, -0.1) is 0 Å². The molecular weight excluding hydrogens is 236 g/mol. The van der Waals surface area contributed by atoms with Crippen molar-refractivity contribution in [3.05, 3.63) is 0 Å². The Hall–Kier alpha value is -0.570. The van der Waals surface area contributed by atoms with Gasteiger partial charge in [-0.3, -0.25) is 4.79 Å². The second-order valence-electron chi connectivity index (χ2n) is 7.88. The summed E-state index contributed by atoms with van der Waals surface area (Å²) in [5.41, 5.74) is 5.92. The molecule has 3 heteroatoms. The summed E-state index contributed by atoms with van der Waals surface area (Å²) in [6, 6.07) is 0. The van der Waals surface area contributed by atoms with Crippen molar-refractivity contribution in [2.24, 2.45) is 34.8 Å². The average molecular weight is 266 g/mol. The quantitative estimate of drug-likeness (QED) is 0.803. The summed E-state index contributed by atoms with van der Waals surface area (Å²) >= 11 is 0. The van der Waals surface area contributed by atoms with Gasteiger partial charge < -0.3 is 11.1 Å². The minimum Gasteiger partial charge on any atom is -0.356 e. The maximum atomic E-state index is 12.2. The molecule has 3 nitrogen and oxygen atoms in total. The van der Waals surface area contributed by atoms with Gasteiger partial charge in [0.1, 0.15) is 0 Å². The molecule has 0 spiro atoms. The minimum absolute atomic E-state index is 0.0291. The molecule has 0 heterocycles. The van der Waals surface area contributed by atoms with Crippen molar-refractivity contribution in [1.29, 1.82) is 0 Å². The van der Waals surface area contributed by atoms with E-state index in [1.165, 1.54) is 25.7 Å². The second kappa shape index (κ2) is 5.82. The van der Waals surface area contributed by atoms with Gasteiger partial charge >= 0.3 is 0 Å². The largest absolute Gasteiger partial charge is 0.356 e. The lowest BCUT2D eigenvalue weighted by molar-refractivity contribution is -0.125. The van der Waals surface area contributed by atoms with Gasteiger partial charge in [0.2, 0.25) is 5.91 Å². The third kappa shape index (κ3) is 3.95. The van der Waals surface area contributed by atoms with E-state index in [0.717, 1.165) is 30.7 Å². The van der Waals surface area contributed by atoms with Crippen LogP contribution in [0, 0.1) is 29.1 Å². The predicted octanol–water partition coefficient (Wildman–Crippen LogP) is 2.55. The molecule has 3 N–H and O–H groups in total. The summed E-state index contributed by atoms with van der Waals surface area (Å²) < 4.78 is 0. The van der Waals surface area contributed by atoms with Gasteiger partial charge in [-0.1, -0.05) is 27.2 Å². The average Bonchev–Trinajstić information content (AvgIpc) is 2.93. The molecule has 4 unspecified atom stereocenters. The molecular formula is C16H30N2O. The Balaban J connectivity index is 1.76. The highest BCUT2D eigenvalue weighted by Gasteiger charge is 2.39. The Morgan fingerprint density at radius 3 is 2.53 bits per heavy atom. The number of carbonyl (C=O) groups is 1. The van der Waals surface area contributed by atoms with Gasteiger partial charge in [0.05, 0.1) is 5.92 Å². The topological polar surface area (TPSA) is 55.1 Å². The van der Waals surface area contributed by atoms with Crippen molar-refractivity contribution < 1.29 is 4.79 Å². The molecule has 110 valence electrons. The molecule has 0 radical (unpaired) electrons. The maximum Gasteiger partial charge on any atom is 0.224 e. The number of fused-ring (bicyclic) bond motifs is 2. The van der Waals surface area contributed by atoms with Crippen LogP contribution in [-0.4, -0.2) is 19.0 Å². The van der Waals surface area contributed by atoms with Crippen LogP contribution in [-0.2, 0) is 4.79 Å². The van der Waals surface area contributed by atoms with Gasteiger partial charge in [-0.2, -0.15) is 0 Å². The molecule has 2 saturated carbocycles. The third-order valence-electron chi connectivity index (χ3n) is 4.94. The zero-order valence-corrected chi connectivity index (χ0v) is 12.7. The van der Waals surface area contributed by atoms with Crippen molar-refractivity contribution in [2.45, 2.75) is 52.9 Å².